The number of rotatable bonds is 7. The number of alkyl halides is 3. The normalized spacial score (nSPS) is 15.2. The molecule has 12 heteroatoms. The standard InChI is InChI=1S/C21H23F3N2O6S/c1-30-18-8-7-17(13-19(18)31-2)33(28,29)26-11-9-25(10-12-26)20(27)15-3-5-16(6-4-15)32-14-21(22,23)24/h3-8,13H,9-12,14H2,1-2H3. The van der Waals surface area contributed by atoms with Gasteiger partial charge in [0.05, 0.1) is 19.1 Å². The number of carbonyl (C=O) groups is 1. The first kappa shape index (κ1) is 24.6. The average molecular weight is 488 g/mol. The minimum Gasteiger partial charge on any atom is -0.493 e. The van der Waals surface area contributed by atoms with Crippen molar-refractivity contribution in [2.75, 3.05) is 47.0 Å². The van der Waals surface area contributed by atoms with E-state index in [0.717, 1.165) is 0 Å². The minimum absolute atomic E-state index is 0.00490. The first-order valence-electron chi connectivity index (χ1n) is 9.86. The number of hydrogen-bond acceptors (Lipinski definition) is 6. The molecule has 0 aliphatic carbocycles. The summed E-state index contributed by atoms with van der Waals surface area (Å²) in [5.41, 5.74) is 0.269. The molecule has 8 nitrogen and oxygen atoms in total. The minimum atomic E-state index is -4.45. The van der Waals surface area contributed by atoms with Crippen molar-refractivity contribution in [2.24, 2.45) is 0 Å². The summed E-state index contributed by atoms with van der Waals surface area (Å²) in [7, 11) is -0.946. The van der Waals surface area contributed by atoms with Crippen LogP contribution in [-0.4, -0.2) is 76.7 Å². The molecule has 33 heavy (non-hydrogen) atoms. The molecule has 1 aliphatic heterocycles. The van der Waals surface area contributed by atoms with Crippen molar-refractivity contribution >= 4 is 15.9 Å². The number of sulfonamides is 1. The van der Waals surface area contributed by atoms with E-state index in [2.05, 4.69) is 4.74 Å². The van der Waals surface area contributed by atoms with Crippen molar-refractivity contribution in [2.45, 2.75) is 11.1 Å². The van der Waals surface area contributed by atoms with Crippen molar-refractivity contribution in [3.05, 3.63) is 48.0 Å². The van der Waals surface area contributed by atoms with Crippen molar-refractivity contribution < 1.29 is 40.6 Å². The number of carbonyl (C=O) groups excluding carboxylic acids is 1. The average Bonchev–Trinajstić information content (AvgIpc) is 2.81. The fourth-order valence-corrected chi connectivity index (χ4v) is 4.74. The molecule has 0 aromatic heterocycles. The van der Waals surface area contributed by atoms with Crippen molar-refractivity contribution in [3.63, 3.8) is 0 Å². The highest BCUT2D eigenvalue weighted by atomic mass is 32.2. The monoisotopic (exact) mass is 488 g/mol. The molecule has 1 fully saturated rings. The van der Waals surface area contributed by atoms with Crippen molar-refractivity contribution in [1.82, 2.24) is 9.21 Å². The number of hydrogen-bond donors (Lipinski definition) is 0. The molecular weight excluding hydrogens is 465 g/mol. The third-order valence-electron chi connectivity index (χ3n) is 5.02. The van der Waals surface area contributed by atoms with E-state index in [1.165, 1.54) is 65.9 Å². The van der Waals surface area contributed by atoms with Crippen LogP contribution >= 0.6 is 0 Å². The molecule has 0 spiro atoms. The lowest BCUT2D eigenvalue weighted by molar-refractivity contribution is -0.153. The predicted octanol–water partition coefficient (Wildman–Crippen LogP) is 2.79. The van der Waals surface area contributed by atoms with Gasteiger partial charge in [0.15, 0.2) is 18.1 Å². The molecule has 0 atom stereocenters. The lowest BCUT2D eigenvalue weighted by Crippen LogP contribution is -2.50. The number of piperazine rings is 1. The Kier molecular flexibility index (Phi) is 7.38. The molecular formula is C21H23F3N2O6S. The zero-order valence-electron chi connectivity index (χ0n) is 18.0. The Morgan fingerprint density at radius 2 is 1.55 bits per heavy atom. The lowest BCUT2D eigenvalue weighted by atomic mass is 10.2. The van der Waals surface area contributed by atoms with E-state index in [1.54, 1.807) is 0 Å². The third kappa shape index (κ3) is 5.88. The van der Waals surface area contributed by atoms with Crippen LogP contribution in [0.3, 0.4) is 0 Å². The smallest absolute Gasteiger partial charge is 0.422 e. The maximum Gasteiger partial charge on any atom is 0.422 e. The van der Waals surface area contributed by atoms with Crippen LogP contribution in [-0.2, 0) is 10.0 Å². The Balaban J connectivity index is 1.62. The van der Waals surface area contributed by atoms with Crippen LogP contribution in [0.4, 0.5) is 13.2 Å². The second kappa shape index (κ2) is 9.87. The Morgan fingerprint density at radius 3 is 2.09 bits per heavy atom. The highest BCUT2D eigenvalue weighted by Gasteiger charge is 2.31. The number of nitrogens with zero attached hydrogens (tertiary/aromatic N) is 2. The molecule has 2 aromatic rings. The van der Waals surface area contributed by atoms with Crippen LogP contribution in [0.15, 0.2) is 47.4 Å². The fraction of sp³-hybridized carbons (Fsp3) is 0.381. The molecule has 1 amide bonds. The lowest BCUT2D eigenvalue weighted by Gasteiger charge is -2.34. The van der Waals surface area contributed by atoms with E-state index in [0.29, 0.717) is 5.75 Å². The maximum absolute atomic E-state index is 13.0. The van der Waals surface area contributed by atoms with E-state index in [4.69, 9.17) is 9.47 Å². The molecule has 0 saturated carbocycles. The van der Waals surface area contributed by atoms with Gasteiger partial charge in [0.2, 0.25) is 10.0 Å². The van der Waals surface area contributed by atoms with Gasteiger partial charge >= 0.3 is 6.18 Å². The molecule has 3 rings (SSSR count). The number of ether oxygens (including phenoxy) is 3. The molecule has 0 N–H and O–H groups in total. The van der Waals surface area contributed by atoms with Crippen LogP contribution in [0.2, 0.25) is 0 Å². The summed E-state index contributed by atoms with van der Waals surface area (Å²) in [5.74, 6) is 0.340. The van der Waals surface area contributed by atoms with Crippen molar-refractivity contribution in [1.29, 1.82) is 0 Å². The van der Waals surface area contributed by atoms with Gasteiger partial charge in [-0.05, 0) is 36.4 Å². The molecule has 2 aromatic carbocycles. The summed E-state index contributed by atoms with van der Waals surface area (Å²) in [4.78, 5) is 14.3. The molecule has 0 bridgehead atoms. The van der Waals surface area contributed by atoms with Gasteiger partial charge in [-0.3, -0.25) is 4.79 Å². The summed E-state index contributed by atoms with van der Waals surface area (Å²) in [6.45, 7) is -0.906. The Bertz CT molecular complexity index is 1080. The van der Waals surface area contributed by atoms with Crippen LogP contribution < -0.4 is 14.2 Å². The van der Waals surface area contributed by atoms with Gasteiger partial charge in [0.25, 0.3) is 5.91 Å². The van der Waals surface area contributed by atoms with E-state index in [-0.39, 0.29) is 54.0 Å². The van der Waals surface area contributed by atoms with Gasteiger partial charge in [0.1, 0.15) is 5.75 Å². The Labute approximate surface area is 189 Å². The number of benzene rings is 2. The third-order valence-corrected chi connectivity index (χ3v) is 6.92. The van der Waals surface area contributed by atoms with Gasteiger partial charge in [-0.1, -0.05) is 0 Å². The van der Waals surface area contributed by atoms with Gasteiger partial charge < -0.3 is 19.1 Å². The topological polar surface area (TPSA) is 85.4 Å². The van der Waals surface area contributed by atoms with Crippen LogP contribution in [0.25, 0.3) is 0 Å². The number of halogens is 3. The van der Waals surface area contributed by atoms with Gasteiger partial charge in [-0.15, -0.1) is 0 Å². The summed E-state index contributed by atoms with van der Waals surface area (Å²) in [6.07, 6.45) is -4.45. The highest BCUT2D eigenvalue weighted by Crippen LogP contribution is 2.31. The second-order valence-corrected chi connectivity index (χ2v) is 9.08. The van der Waals surface area contributed by atoms with Crippen molar-refractivity contribution in [3.8, 4) is 17.2 Å². The molecule has 0 unspecified atom stereocenters. The molecule has 1 aliphatic rings. The van der Waals surface area contributed by atoms with Crippen LogP contribution in [0, 0.1) is 0 Å². The summed E-state index contributed by atoms with van der Waals surface area (Å²) >= 11 is 0. The number of amides is 1. The summed E-state index contributed by atoms with van der Waals surface area (Å²) in [6, 6.07) is 9.65. The van der Waals surface area contributed by atoms with E-state index in [9.17, 15) is 26.4 Å². The molecule has 180 valence electrons. The predicted molar refractivity (Wildman–Crippen MR) is 112 cm³/mol. The largest absolute Gasteiger partial charge is 0.493 e. The Hall–Kier alpha value is -2.99. The van der Waals surface area contributed by atoms with Gasteiger partial charge in [0, 0.05) is 37.8 Å². The molecule has 1 heterocycles. The first-order valence-corrected chi connectivity index (χ1v) is 11.3. The van der Waals surface area contributed by atoms with E-state index in [1.807, 2.05) is 0 Å². The Morgan fingerprint density at radius 1 is 0.939 bits per heavy atom. The van der Waals surface area contributed by atoms with Gasteiger partial charge in [-0.25, -0.2) is 8.42 Å². The van der Waals surface area contributed by atoms with E-state index < -0.39 is 22.8 Å². The highest BCUT2D eigenvalue weighted by molar-refractivity contribution is 7.89. The quantitative estimate of drug-likeness (QED) is 0.596. The van der Waals surface area contributed by atoms with Crippen LogP contribution in [0.5, 0.6) is 17.2 Å². The second-order valence-electron chi connectivity index (χ2n) is 7.14. The fourth-order valence-electron chi connectivity index (χ4n) is 3.30. The molecule has 1 saturated heterocycles. The zero-order chi connectivity index (χ0) is 24.2. The van der Waals surface area contributed by atoms with Crippen LogP contribution in [0.1, 0.15) is 10.4 Å². The van der Waals surface area contributed by atoms with Gasteiger partial charge in [-0.2, -0.15) is 17.5 Å². The number of methoxy groups -OCH3 is 2. The summed E-state index contributed by atoms with van der Waals surface area (Å²) in [5, 5.41) is 0. The molecule has 0 radical (unpaired) electrons. The maximum atomic E-state index is 13.0. The SMILES string of the molecule is COc1ccc(S(=O)(=O)N2CCN(C(=O)c3ccc(OCC(F)(F)F)cc3)CC2)cc1OC. The summed E-state index contributed by atoms with van der Waals surface area (Å²) < 4.78 is 79.0. The first-order chi connectivity index (χ1) is 15.5. The van der Waals surface area contributed by atoms with E-state index >= 15 is 0 Å². The zero-order valence-corrected chi connectivity index (χ0v) is 18.8.